The molecule has 0 fully saturated rings. The predicted octanol–water partition coefficient (Wildman–Crippen LogP) is 5.27. The van der Waals surface area contributed by atoms with E-state index >= 15 is 0 Å². The third-order valence-electron chi connectivity index (χ3n) is 4.97. The van der Waals surface area contributed by atoms with Crippen molar-refractivity contribution in [2.75, 3.05) is 6.54 Å². The second-order valence-corrected chi connectivity index (χ2v) is 7.91. The largest absolute Gasteiger partial charge is 0.487 e. The van der Waals surface area contributed by atoms with Gasteiger partial charge >= 0.3 is 5.97 Å². The third kappa shape index (κ3) is 7.22. The van der Waals surface area contributed by atoms with Crippen molar-refractivity contribution in [3.05, 3.63) is 106 Å². The van der Waals surface area contributed by atoms with Gasteiger partial charge in [0.15, 0.2) is 0 Å². The van der Waals surface area contributed by atoms with Crippen LogP contribution in [0, 0.1) is 11.3 Å². The molecule has 0 saturated carbocycles. The number of aromatic carboxylic acids is 1. The fraction of sp³-hybridized carbons (Fsp3) is 0.148. The number of carbonyl (C=O) groups excluding carboxylic acids is 1. The van der Waals surface area contributed by atoms with Crippen LogP contribution in [-0.2, 0) is 17.8 Å². The molecule has 0 radical (unpaired) electrons. The van der Waals surface area contributed by atoms with Gasteiger partial charge in [0.25, 0.3) is 5.91 Å². The topological polar surface area (TPSA) is 99.4 Å². The number of nitriles is 1. The van der Waals surface area contributed by atoms with Gasteiger partial charge < -0.3 is 15.2 Å². The minimum absolute atomic E-state index is 0.0186. The van der Waals surface area contributed by atoms with Gasteiger partial charge in [0, 0.05) is 6.54 Å². The van der Waals surface area contributed by atoms with E-state index in [1.165, 1.54) is 23.8 Å². The Labute approximate surface area is 203 Å². The normalized spacial score (nSPS) is 10.9. The van der Waals surface area contributed by atoms with Crippen molar-refractivity contribution in [1.29, 1.82) is 5.26 Å². The van der Waals surface area contributed by atoms with E-state index in [-0.39, 0.29) is 17.7 Å². The van der Waals surface area contributed by atoms with Gasteiger partial charge in [-0.1, -0.05) is 60.1 Å². The van der Waals surface area contributed by atoms with Crippen LogP contribution in [0.1, 0.15) is 33.5 Å². The maximum Gasteiger partial charge on any atom is 0.335 e. The van der Waals surface area contributed by atoms with Crippen LogP contribution >= 0.6 is 11.6 Å². The quantitative estimate of drug-likeness (QED) is 0.237. The summed E-state index contributed by atoms with van der Waals surface area (Å²) in [7, 11) is 0. The van der Waals surface area contributed by atoms with Gasteiger partial charge in [0.05, 0.1) is 10.6 Å². The number of amides is 1. The van der Waals surface area contributed by atoms with Gasteiger partial charge in [-0.05, 0) is 59.9 Å². The summed E-state index contributed by atoms with van der Waals surface area (Å²) in [4.78, 5) is 23.5. The highest BCUT2D eigenvalue weighted by atomic mass is 35.5. The number of nitrogens with one attached hydrogen (secondary N) is 1. The molecular weight excluding hydrogens is 452 g/mol. The Morgan fingerprint density at radius 3 is 2.50 bits per heavy atom. The summed E-state index contributed by atoms with van der Waals surface area (Å²) in [5.41, 5.74) is 2.63. The Morgan fingerprint density at radius 2 is 1.79 bits per heavy atom. The number of hydrogen-bond donors (Lipinski definition) is 2. The Balaban J connectivity index is 1.57. The Hall–Kier alpha value is -4.08. The van der Waals surface area contributed by atoms with Crippen molar-refractivity contribution in [3.8, 4) is 11.8 Å². The first-order valence-electron chi connectivity index (χ1n) is 10.6. The van der Waals surface area contributed by atoms with Gasteiger partial charge in [-0.3, -0.25) is 4.79 Å². The molecule has 0 aromatic heterocycles. The van der Waals surface area contributed by atoms with Crippen molar-refractivity contribution < 1.29 is 19.4 Å². The van der Waals surface area contributed by atoms with Crippen molar-refractivity contribution in [3.63, 3.8) is 0 Å². The van der Waals surface area contributed by atoms with Gasteiger partial charge in [-0.25, -0.2) is 4.79 Å². The number of rotatable bonds is 10. The lowest BCUT2D eigenvalue weighted by molar-refractivity contribution is -0.117. The number of carboxylic acids is 1. The molecule has 34 heavy (non-hydrogen) atoms. The lowest BCUT2D eigenvalue weighted by Gasteiger charge is -2.09. The van der Waals surface area contributed by atoms with E-state index < -0.39 is 11.9 Å². The zero-order valence-electron chi connectivity index (χ0n) is 18.3. The van der Waals surface area contributed by atoms with Gasteiger partial charge in [0.2, 0.25) is 0 Å². The predicted molar refractivity (Wildman–Crippen MR) is 131 cm³/mol. The summed E-state index contributed by atoms with van der Waals surface area (Å²) < 4.78 is 5.70. The number of benzene rings is 3. The molecule has 0 bridgehead atoms. The molecule has 7 heteroatoms. The standard InChI is InChI=1S/C27H23ClN2O4/c28-24-16-20(11-12-25(24)34-18-21-8-4-10-22(15-21)27(32)33)14-23(17-29)26(31)30-13-5-9-19-6-2-1-3-7-19/h1-4,6-8,10-12,14-16H,5,9,13,18H2,(H,30,31)(H,32,33)/b23-14-. The fourth-order valence-electron chi connectivity index (χ4n) is 3.23. The smallest absolute Gasteiger partial charge is 0.335 e. The number of ether oxygens (including phenoxy) is 1. The van der Waals surface area contributed by atoms with E-state index in [0.717, 1.165) is 12.8 Å². The summed E-state index contributed by atoms with van der Waals surface area (Å²) in [5.74, 6) is -1.04. The fourth-order valence-corrected chi connectivity index (χ4v) is 3.47. The zero-order chi connectivity index (χ0) is 24.3. The molecule has 3 aromatic carbocycles. The average molecular weight is 475 g/mol. The van der Waals surface area contributed by atoms with Crippen LogP contribution in [0.25, 0.3) is 6.08 Å². The van der Waals surface area contributed by atoms with Crippen LogP contribution < -0.4 is 10.1 Å². The summed E-state index contributed by atoms with van der Waals surface area (Å²) >= 11 is 6.31. The first kappa shape index (κ1) is 24.6. The third-order valence-corrected chi connectivity index (χ3v) is 5.27. The average Bonchev–Trinajstić information content (AvgIpc) is 2.85. The minimum atomic E-state index is -1.01. The molecule has 0 unspecified atom stereocenters. The highest BCUT2D eigenvalue weighted by Gasteiger charge is 2.10. The van der Waals surface area contributed by atoms with Crippen LogP contribution in [0.3, 0.4) is 0 Å². The SMILES string of the molecule is N#C/C(=C/c1ccc(OCc2cccc(C(=O)O)c2)c(Cl)c1)C(=O)NCCCc1ccccc1. The van der Waals surface area contributed by atoms with Crippen molar-refractivity contribution in [2.24, 2.45) is 0 Å². The summed E-state index contributed by atoms with van der Waals surface area (Å²) in [5, 5.41) is 21.6. The molecule has 0 spiro atoms. The van der Waals surface area contributed by atoms with Gasteiger partial charge in [-0.2, -0.15) is 5.26 Å². The van der Waals surface area contributed by atoms with Crippen LogP contribution in [0.2, 0.25) is 5.02 Å². The van der Waals surface area contributed by atoms with Crippen molar-refractivity contribution in [1.82, 2.24) is 5.32 Å². The highest BCUT2D eigenvalue weighted by molar-refractivity contribution is 6.32. The van der Waals surface area contributed by atoms with E-state index in [9.17, 15) is 14.9 Å². The lowest BCUT2D eigenvalue weighted by Crippen LogP contribution is -2.25. The molecule has 6 nitrogen and oxygen atoms in total. The number of halogens is 1. The molecule has 0 atom stereocenters. The summed E-state index contributed by atoms with van der Waals surface area (Å²) in [6, 6.07) is 23.3. The van der Waals surface area contributed by atoms with Gasteiger partial charge in [-0.15, -0.1) is 0 Å². The number of hydrogen-bond acceptors (Lipinski definition) is 4. The van der Waals surface area contributed by atoms with Crippen LogP contribution in [-0.4, -0.2) is 23.5 Å². The molecule has 0 aliphatic carbocycles. The molecule has 3 rings (SSSR count). The van der Waals surface area contributed by atoms with Crippen molar-refractivity contribution >= 4 is 29.6 Å². The highest BCUT2D eigenvalue weighted by Crippen LogP contribution is 2.27. The second kappa shape index (κ2) is 12.2. The molecule has 0 aliphatic rings. The van der Waals surface area contributed by atoms with Crippen LogP contribution in [0.15, 0.2) is 78.4 Å². The second-order valence-electron chi connectivity index (χ2n) is 7.50. The molecule has 0 heterocycles. The first-order valence-corrected chi connectivity index (χ1v) is 11.0. The summed E-state index contributed by atoms with van der Waals surface area (Å²) in [6.45, 7) is 0.605. The Bertz CT molecular complexity index is 1230. The van der Waals surface area contributed by atoms with Crippen LogP contribution in [0.4, 0.5) is 0 Å². The first-order chi connectivity index (χ1) is 16.5. The number of aryl methyl sites for hydroxylation is 1. The minimum Gasteiger partial charge on any atom is -0.487 e. The number of carboxylic acid groups (broad SMARTS) is 1. The van der Waals surface area contributed by atoms with E-state index in [4.69, 9.17) is 21.4 Å². The Morgan fingerprint density at radius 1 is 1.03 bits per heavy atom. The Kier molecular flexibility index (Phi) is 8.84. The lowest BCUT2D eigenvalue weighted by atomic mass is 10.1. The molecular formula is C27H23ClN2O4. The molecule has 2 N–H and O–H groups in total. The molecule has 1 amide bonds. The zero-order valence-corrected chi connectivity index (χ0v) is 19.1. The summed E-state index contributed by atoms with van der Waals surface area (Å²) in [6.07, 6.45) is 3.07. The van der Waals surface area contributed by atoms with E-state index in [1.54, 1.807) is 30.3 Å². The molecule has 0 saturated heterocycles. The van der Waals surface area contributed by atoms with Crippen LogP contribution in [0.5, 0.6) is 5.75 Å². The van der Waals surface area contributed by atoms with E-state index in [0.29, 0.717) is 28.4 Å². The van der Waals surface area contributed by atoms with Gasteiger partial charge in [0.1, 0.15) is 24.0 Å². The molecule has 0 aliphatic heterocycles. The van der Waals surface area contributed by atoms with E-state index in [2.05, 4.69) is 5.32 Å². The van der Waals surface area contributed by atoms with E-state index in [1.807, 2.05) is 36.4 Å². The maximum atomic E-state index is 12.4. The molecule has 3 aromatic rings. The molecule has 172 valence electrons. The number of nitrogens with zero attached hydrogens (tertiary/aromatic N) is 1. The number of carbonyl (C=O) groups is 2. The monoisotopic (exact) mass is 474 g/mol. The van der Waals surface area contributed by atoms with Crippen molar-refractivity contribution in [2.45, 2.75) is 19.4 Å². The maximum absolute atomic E-state index is 12.4.